The van der Waals surface area contributed by atoms with E-state index in [1.165, 1.54) is 0 Å². The van der Waals surface area contributed by atoms with Crippen molar-refractivity contribution in [1.29, 1.82) is 0 Å². The molecule has 0 radical (unpaired) electrons. The van der Waals surface area contributed by atoms with Gasteiger partial charge in [-0.25, -0.2) is 4.79 Å². The smallest absolute Gasteiger partial charge is 0.323 e. The van der Waals surface area contributed by atoms with Gasteiger partial charge in [-0.1, -0.05) is 0 Å². The van der Waals surface area contributed by atoms with Crippen LogP contribution in [0.3, 0.4) is 0 Å². The van der Waals surface area contributed by atoms with E-state index < -0.39 is 35.0 Å². The number of carbonyl (C=O) groups is 2. The Hall–Kier alpha value is -2.71. The first-order valence-corrected chi connectivity index (χ1v) is 4.60. The lowest BCUT2D eigenvalue weighted by atomic mass is 10.2. The number of anilines is 1. The largest absolute Gasteiger partial charge is 0.480 e. The molecule has 0 fully saturated rings. The maximum Gasteiger partial charge on any atom is 0.323 e. The number of nitro benzene ring substituents is 1. The van der Waals surface area contributed by atoms with Crippen molar-refractivity contribution in [1.82, 2.24) is 5.32 Å². The molecule has 0 saturated carbocycles. The zero-order valence-electron chi connectivity index (χ0n) is 8.84. The summed E-state index contributed by atoms with van der Waals surface area (Å²) in [5, 5.41) is 22.7. The molecular weight excluding hydrogens is 249 g/mol. The lowest BCUT2D eigenvalue weighted by Crippen LogP contribution is -2.33. The minimum absolute atomic E-state index is 0.0269. The van der Waals surface area contributed by atoms with Crippen molar-refractivity contribution in [3.05, 3.63) is 34.1 Å². The van der Waals surface area contributed by atoms with Gasteiger partial charge in [0, 0.05) is 17.8 Å². The summed E-state index contributed by atoms with van der Waals surface area (Å²) in [5.74, 6) is -2.34. The highest BCUT2D eigenvalue weighted by molar-refractivity contribution is 5.91. The Morgan fingerprint density at radius 1 is 1.44 bits per heavy atom. The molecule has 0 heterocycles. The van der Waals surface area contributed by atoms with Gasteiger partial charge in [-0.2, -0.15) is 4.39 Å². The van der Waals surface area contributed by atoms with Gasteiger partial charge >= 0.3 is 17.7 Å². The second-order valence-corrected chi connectivity index (χ2v) is 3.12. The summed E-state index contributed by atoms with van der Waals surface area (Å²) in [5.41, 5.74) is -0.743. The minimum atomic E-state index is -1.24. The first-order valence-electron chi connectivity index (χ1n) is 4.60. The van der Waals surface area contributed by atoms with Crippen LogP contribution < -0.4 is 10.6 Å². The number of carboxylic acid groups (broad SMARTS) is 1. The number of nitrogens with zero attached hydrogens (tertiary/aromatic N) is 1. The molecule has 1 aromatic carbocycles. The third-order valence-corrected chi connectivity index (χ3v) is 1.80. The number of carboxylic acids is 1. The molecule has 0 bridgehead atoms. The van der Waals surface area contributed by atoms with Gasteiger partial charge in [-0.05, 0) is 6.07 Å². The Morgan fingerprint density at radius 3 is 2.61 bits per heavy atom. The molecule has 0 aliphatic carbocycles. The van der Waals surface area contributed by atoms with Crippen molar-refractivity contribution in [2.24, 2.45) is 0 Å². The average molecular weight is 257 g/mol. The van der Waals surface area contributed by atoms with Gasteiger partial charge in [-0.15, -0.1) is 0 Å². The molecule has 8 nitrogen and oxygen atoms in total. The number of halogens is 1. The van der Waals surface area contributed by atoms with E-state index in [1.807, 2.05) is 5.32 Å². The van der Waals surface area contributed by atoms with Gasteiger partial charge in [0.05, 0.1) is 4.92 Å². The SMILES string of the molecule is O=C(O)CNC(=O)Nc1ccc([N+](=O)[O-])c(F)c1. The first-order chi connectivity index (χ1) is 8.40. The summed E-state index contributed by atoms with van der Waals surface area (Å²) in [7, 11) is 0. The highest BCUT2D eigenvalue weighted by atomic mass is 19.1. The van der Waals surface area contributed by atoms with Crippen molar-refractivity contribution in [2.45, 2.75) is 0 Å². The normalized spacial score (nSPS) is 9.61. The van der Waals surface area contributed by atoms with Gasteiger partial charge in [0.1, 0.15) is 6.54 Å². The summed E-state index contributed by atoms with van der Waals surface area (Å²) in [6.07, 6.45) is 0. The van der Waals surface area contributed by atoms with Crippen LogP contribution in [-0.2, 0) is 4.79 Å². The monoisotopic (exact) mass is 257 g/mol. The molecule has 0 aliphatic rings. The lowest BCUT2D eigenvalue weighted by Gasteiger charge is -2.05. The fourth-order valence-corrected chi connectivity index (χ4v) is 1.06. The Balaban J connectivity index is 2.69. The van der Waals surface area contributed by atoms with Crippen LogP contribution in [0.1, 0.15) is 0 Å². The van der Waals surface area contributed by atoms with Crippen molar-refractivity contribution < 1.29 is 24.0 Å². The van der Waals surface area contributed by atoms with Crippen molar-refractivity contribution >= 4 is 23.4 Å². The predicted molar refractivity (Wildman–Crippen MR) is 57.7 cm³/mol. The zero-order chi connectivity index (χ0) is 13.7. The van der Waals surface area contributed by atoms with Gasteiger partial charge in [0.2, 0.25) is 5.82 Å². The fourth-order valence-electron chi connectivity index (χ4n) is 1.06. The number of hydrogen-bond donors (Lipinski definition) is 3. The Morgan fingerprint density at radius 2 is 2.11 bits per heavy atom. The number of aliphatic carboxylic acids is 1. The quantitative estimate of drug-likeness (QED) is 0.547. The number of benzene rings is 1. The van der Waals surface area contributed by atoms with Crippen LogP contribution in [0.4, 0.5) is 20.6 Å². The molecule has 0 spiro atoms. The summed E-state index contributed by atoms with van der Waals surface area (Å²) in [6.45, 7) is -0.596. The molecular formula is C9H8FN3O5. The summed E-state index contributed by atoms with van der Waals surface area (Å²) >= 11 is 0. The minimum Gasteiger partial charge on any atom is -0.480 e. The Kier molecular flexibility index (Phi) is 4.13. The van der Waals surface area contributed by atoms with Gasteiger partial charge in [0.15, 0.2) is 0 Å². The molecule has 0 saturated heterocycles. The molecule has 3 N–H and O–H groups in total. The number of carbonyl (C=O) groups excluding carboxylic acids is 1. The number of nitrogens with one attached hydrogen (secondary N) is 2. The summed E-state index contributed by atoms with van der Waals surface area (Å²) < 4.78 is 13.2. The Bertz CT molecular complexity index is 505. The molecule has 0 aliphatic heterocycles. The van der Waals surface area contributed by atoms with Crippen LogP contribution in [0.15, 0.2) is 18.2 Å². The molecule has 1 aromatic rings. The predicted octanol–water partition coefficient (Wildman–Crippen LogP) is 0.940. The fraction of sp³-hybridized carbons (Fsp3) is 0.111. The molecule has 0 atom stereocenters. The third kappa shape index (κ3) is 3.70. The zero-order valence-corrected chi connectivity index (χ0v) is 8.84. The van der Waals surface area contributed by atoms with Crippen LogP contribution >= 0.6 is 0 Å². The number of amides is 2. The maximum atomic E-state index is 13.2. The third-order valence-electron chi connectivity index (χ3n) is 1.80. The van der Waals surface area contributed by atoms with Crippen LogP contribution in [0, 0.1) is 15.9 Å². The van der Waals surface area contributed by atoms with E-state index in [4.69, 9.17) is 5.11 Å². The standard InChI is InChI=1S/C9H8FN3O5/c10-6-3-5(1-2-7(6)13(17)18)12-9(16)11-4-8(14)15/h1-3H,4H2,(H,14,15)(H2,11,12,16). The second kappa shape index (κ2) is 5.57. The highest BCUT2D eigenvalue weighted by Gasteiger charge is 2.14. The van der Waals surface area contributed by atoms with Gasteiger partial charge in [-0.3, -0.25) is 14.9 Å². The van der Waals surface area contributed by atoms with Crippen molar-refractivity contribution in [3.63, 3.8) is 0 Å². The molecule has 96 valence electrons. The van der Waals surface area contributed by atoms with E-state index >= 15 is 0 Å². The van der Waals surface area contributed by atoms with Crippen molar-refractivity contribution in [2.75, 3.05) is 11.9 Å². The highest BCUT2D eigenvalue weighted by Crippen LogP contribution is 2.20. The van der Waals surface area contributed by atoms with Crippen LogP contribution in [-0.4, -0.2) is 28.6 Å². The van der Waals surface area contributed by atoms with Gasteiger partial charge < -0.3 is 15.7 Å². The summed E-state index contributed by atoms with van der Waals surface area (Å²) in [4.78, 5) is 30.7. The van der Waals surface area contributed by atoms with E-state index in [0.717, 1.165) is 18.2 Å². The first kappa shape index (κ1) is 13.4. The average Bonchev–Trinajstić information content (AvgIpc) is 2.26. The van der Waals surface area contributed by atoms with E-state index in [9.17, 15) is 24.1 Å². The maximum absolute atomic E-state index is 13.2. The van der Waals surface area contributed by atoms with Crippen LogP contribution in [0.25, 0.3) is 0 Å². The molecule has 1 rings (SSSR count). The molecule has 2 amide bonds. The van der Waals surface area contributed by atoms with Crippen molar-refractivity contribution in [3.8, 4) is 0 Å². The van der Waals surface area contributed by atoms with E-state index in [2.05, 4.69) is 5.32 Å². The van der Waals surface area contributed by atoms with Gasteiger partial charge in [0.25, 0.3) is 0 Å². The number of hydrogen-bond acceptors (Lipinski definition) is 4. The lowest BCUT2D eigenvalue weighted by molar-refractivity contribution is -0.387. The molecule has 0 aromatic heterocycles. The molecule has 9 heteroatoms. The number of nitro groups is 1. The van der Waals surface area contributed by atoms with E-state index in [1.54, 1.807) is 0 Å². The molecule has 18 heavy (non-hydrogen) atoms. The summed E-state index contributed by atoms with van der Waals surface area (Å²) in [6, 6.07) is 1.92. The number of rotatable bonds is 4. The van der Waals surface area contributed by atoms with E-state index in [0.29, 0.717) is 0 Å². The molecule has 0 unspecified atom stereocenters. The van der Waals surface area contributed by atoms with Crippen LogP contribution in [0.5, 0.6) is 0 Å². The van der Waals surface area contributed by atoms with E-state index in [-0.39, 0.29) is 5.69 Å². The Labute approximate surface area is 99.6 Å². The second-order valence-electron chi connectivity index (χ2n) is 3.12. The number of urea groups is 1. The van der Waals surface area contributed by atoms with Crippen LogP contribution in [0.2, 0.25) is 0 Å². The topological polar surface area (TPSA) is 122 Å².